The van der Waals surface area contributed by atoms with Gasteiger partial charge in [0.1, 0.15) is 16.8 Å². The molecule has 1 aromatic carbocycles. The highest BCUT2D eigenvalue weighted by Crippen LogP contribution is 2.22. The van der Waals surface area contributed by atoms with Crippen LogP contribution in [-0.2, 0) is 14.3 Å². The van der Waals surface area contributed by atoms with Crippen LogP contribution in [-0.4, -0.2) is 24.6 Å². The van der Waals surface area contributed by atoms with E-state index in [9.17, 15) is 9.59 Å². The third-order valence-electron chi connectivity index (χ3n) is 2.83. The van der Waals surface area contributed by atoms with E-state index in [0.29, 0.717) is 21.3 Å². The van der Waals surface area contributed by atoms with Crippen molar-refractivity contribution in [1.29, 1.82) is 5.26 Å². The van der Waals surface area contributed by atoms with Crippen molar-refractivity contribution in [2.75, 3.05) is 11.9 Å². The van der Waals surface area contributed by atoms with E-state index in [2.05, 4.69) is 5.32 Å². The number of rotatable bonds is 6. The minimum absolute atomic E-state index is 0.359. The summed E-state index contributed by atoms with van der Waals surface area (Å²) in [5.74, 6) is -0.789. The lowest BCUT2D eigenvalue weighted by Gasteiger charge is -2.14. The Labute approximate surface area is 147 Å². The van der Waals surface area contributed by atoms with Crippen LogP contribution in [0.3, 0.4) is 0 Å². The van der Waals surface area contributed by atoms with Crippen LogP contribution in [0.15, 0.2) is 35.7 Å². The van der Waals surface area contributed by atoms with Crippen LogP contribution in [0.25, 0.3) is 0 Å². The summed E-state index contributed by atoms with van der Waals surface area (Å²) >= 11 is 7.05. The first-order chi connectivity index (χ1) is 11.5. The molecule has 0 saturated carbocycles. The number of carbonyl (C=O) groups excluding carboxylic acids is 2. The number of benzene rings is 1. The lowest BCUT2D eigenvalue weighted by atomic mass is 10.3. The van der Waals surface area contributed by atoms with Crippen molar-refractivity contribution < 1.29 is 19.1 Å². The molecule has 0 spiro atoms. The van der Waals surface area contributed by atoms with Crippen molar-refractivity contribution >= 4 is 39.8 Å². The fourth-order valence-electron chi connectivity index (χ4n) is 1.70. The zero-order valence-electron chi connectivity index (χ0n) is 12.6. The van der Waals surface area contributed by atoms with Crippen LogP contribution in [0, 0.1) is 11.3 Å². The van der Waals surface area contributed by atoms with Crippen molar-refractivity contribution in [2.45, 2.75) is 13.0 Å². The second-order valence-corrected chi connectivity index (χ2v) is 6.00. The second kappa shape index (κ2) is 8.34. The van der Waals surface area contributed by atoms with Gasteiger partial charge in [0.15, 0.2) is 12.7 Å². The number of halogens is 1. The number of ether oxygens (including phenoxy) is 2. The van der Waals surface area contributed by atoms with E-state index in [4.69, 9.17) is 26.3 Å². The number of carbonyl (C=O) groups is 2. The molecular weight excluding hydrogens is 352 g/mol. The van der Waals surface area contributed by atoms with Crippen molar-refractivity contribution in [3.63, 3.8) is 0 Å². The molecule has 2 rings (SSSR count). The lowest BCUT2D eigenvalue weighted by Crippen LogP contribution is -2.29. The van der Waals surface area contributed by atoms with Gasteiger partial charge in [-0.3, -0.25) is 4.79 Å². The summed E-state index contributed by atoms with van der Waals surface area (Å²) in [5, 5.41) is 14.0. The molecule has 1 amide bonds. The first-order valence-electron chi connectivity index (χ1n) is 6.86. The Morgan fingerprint density at radius 1 is 1.42 bits per heavy atom. The minimum Gasteiger partial charge on any atom is -0.479 e. The van der Waals surface area contributed by atoms with Crippen LogP contribution >= 0.6 is 22.9 Å². The Kier molecular flexibility index (Phi) is 6.18. The summed E-state index contributed by atoms with van der Waals surface area (Å²) in [5.41, 5.74) is 0.359. The molecule has 6 nitrogen and oxygen atoms in total. The summed E-state index contributed by atoms with van der Waals surface area (Å²) in [4.78, 5) is 23.6. The van der Waals surface area contributed by atoms with Crippen LogP contribution in [0.4, 0.5) is 5.00 Å². The highest BCUT2D eigenvalue weighted by molar-refractivity contribution is 7.14. The molecule has 0 aliphatic heterocycles. The number of hydrogen-bond donors (Lipinski definition) is 1. The lowest BCUT2D eigenvalue weighted by molar-refractivity contribution is -0.153. The second-order valence-electron chi connectivity index (χ2n) is 4.65. The molecule has 24 heavy (non-hydrogen) atoms. The number of anilines is 1. The van der Waals surface area contributed by atoms with Crippen molar-refractivity contribution in [3.05, 3.63) is 46.3 Å². The third-order valence-corrected chi connectivity index (χ3v) is 3.89. The molecule has 1 heterocycles. The predicted octanol–water partition coefficient (Wildman–Crippen LogP) is 3.22. The standard InChI is InChI=1S/C16H13ClN2O4S/c1-10(23-13-4-2-3-12(17)7-13)16(21)22-9-14(20)19-15-11(8-18)5-6-24-15/h2-7,10H,9H2,1H3,(H,19,20). The number of esters is 1. The number of nitrogens with one attached hydrogen (secondary N) is 1. The van der Waals surface area contributed by atoms with Crippen molar-refractivity contribution in [2.24, 2.45) is 0 Å². The van der Waals surface area contributed by atoms with Crippen LogP contribution in [0.1, 0.15) is 12.5 Å². The molecule has 2 aromatic rings. The SMILES string of the molecule is CC(Oc1cccc(Cl)c1)C(=O)OCC(=O)Nc1sccc1C#N. The summed E-state index contributed by atoms with van der Waals surface area (Å²) in [6, 6.07) is 10.1. The largest absolute Gasteiger partial charge is 0.479 e. The molecule has 0 fully saturated rings. The van der Waals surface area contributed by atoms with Crippen molar-refractivity contribution in [3.8, 4) is 11.8 Å². The number of thiophene rings is 1. The van der Waals surface area contributed by atoms with Gasteiger partial charge in [-0.2, -0.15) is 5.26 Å². The summed E-state index contributed by atoms with van der Waals surface area (Å²) in [6.07, 6.45) is -0.896. The summed E-state index contributed by atoms with van der Waals surface area (Å²) < 4.78 is 10.3. The highest BCUT2D eigenvalue weighted by Gasteiger charge is 2.18. The van der Waals surface area contributed by atoms with Gasteiger partial charge in [0.05, 0.1) is 5.56 Å². The van der Waals surface area contributed by atoms with Crippen LogP contribution < -0.4 is 10.1 Å². The average molecular weight is 365 g/mol. The van der Waals surface area contributed by atoms with E-state index in [1.54, 1.807) is 35.7 Å². The van der Waals surface area contributed by atoms with Gasteiger partial charge in [-0.25, -0.2) is 4.79 Å². The molecule has 1 unspecified atom stereocenters. The molecular formula is C16H13ClN2O4S. The zero-order chi connectivity index (χ0) is 17.5. The zero-order valence-corrected chi connectivity index (χ0v) is 14.2. The normalized spacial score (nSPS) is 11.2. The molecule has 1 N–H and O–H groups in total. The Morgan fingerprint density at radius 2 is 2.21 bits per heavy atom. The van der Waals surface area contributed by atoms with E-state index < -0.39 is 24.6 Å². The average Bonchev–Trinajstić information content (AvgIpc) is 2.99. The Morgan fingerprint density at radius 3 is 2.92 bits per heavy atom. The first kappa shape index (κ1) is 17.8. The molecule has 0 aliphatic rings. The van der Waals surface area contributed by atoms with E-state index in [-0.39, 0.29) is 0 Å². The molecule has 0 saturated heterocycles. The Hall–Kier alpha value is -2.56. The van der Waals surface area contributed by atoms with Crippen LogP contribution in [0.5, 0.6) is 5.75 Å². The fourth-order valence-corrected chi connectivity index (χ4v) is 2.64. The van der Waals surface area contributed by atoms with E-state index in [1.165, 1.54) is 18.3 Å². The van der Waals surface area contributed by atoms with Gasteiger partial charge in [-0.1, -0.05) is 17.7 Å². The van der Waals surface area contributed by atoms with Crippen LogP contribution in [0.2, 0.25) is 5.02 Å². The van der Waals surface area contributed by atoms with Gasteiger partial charge in [-0.15, -0.1) is 11.3 Å². The maximum atomic E-state index is 11.9. The van der Waals surface area contributed by atoms with Gasteiger partial charge >= 0.3 is 5.97 Å². The molecule has 8 heteroatoms. The highest BCUT2D eigenvalue weighted by atomic mass is 35.5. The number of nitriles is 1. The molecule has 0 radical (unpaired) electrons. The van der Waals surface area contributed by atoms with Gasteiger partial charge in [0, 0.05) is 5.02 Å². The Balaban J connectivity index is 1.81. The molecule has 0 aliphatic carbocycles. The van der Waals surface area contributed by atoms with Gasteiger partial charge in [0.2, 0.25) is 0 Å². The smallest absolute Gasteiger partial charge is 0.347 e. The molecule has 1 atom stereocenters. The maximum absolute atomic E-state index is 11.9. The van der Waals surface area contributed by atoms with Crippen molar-refractivity contribution in [1.82, 2.24) is 0 Å². The molecule has 0 bridgehead atoms. The Bertz CT molecular complexity index is 784. The monoisotopic (exact) mass is 364 g/mol. The van der Waals surface area contributed by atoms with Gasteiger partial charge in [-0.05, 0) is 36.6 Å². The molecule has 124 valence electrons. The van der Waals surface area contributed by atoms with E-state index in [0.717, 1.165) is 0 Å². The first-order valence-corrected chi connectivity index (χ1v) is 8.11. The quantitative estimate of drug-likeness (QED) is 0.795. The fraction of sp³-hybridized carbons (Fsp3) is 0.188. The van der Waals surface area contributed by atoms with Gasteiger partial charge in [0.25, 0.3) is 5.91 Å². The number of amides is 1. The summed E-state index contributed by atoms with van der Waals surface area (Å²) in [7, 11) is 0. The maximum Gasteiger partial charge on any atom is 0.347 e. The van der Waals surface area contributed by atoms with E-state index in [1.807, 2.05) is 6.07 Å². The predicted molar refractivity (Wildman–Crippen MR) is 90.2 cm³/mol. The topological polar surface area (TPSA) is 88.4 Å². The molecule has 1 aromatic heterocycles. The van der Waals surface area contributed by atoms with Gasteiger partial charge < -0.3 is 14.8 Å². The number of nitrogens with zero attached hydrogens (tertiary/aromatic N) is 1. The van der Waals surface area contributed by atoms with E-state index >= 15 is 0 Å². The summed E-state index contributed by atoms with van der Waals surface area (Å²) in [6.45, 7) is 1.04. The minimum atomic E-state index is -0.896. The number of hydrogen-bond acceptors (Lipinski definition) is 6. The third kappa shape index (κ3) is 4.98.